The third kappa shape index (κ3) is 5.42. The summed E-state index contributed by atoms with van der Waals surface area (Å²) in [6.07, 6.45) is -1.25. The van der Waals surface area contributed by atoms with Gasteiger partial charge >= 0.3 is 0 Å². The molecule has 0 bridgehead atoms. The molecule has 0 aliphatic carbocycles. The van der Waals surface area contributed by atoms with E-state index in [0.29, 0.717) is 43.3 Å². The molecule has 11 heteroatoms. The van der Waals surface area contributed by atoms with Gasteiger partial charge in [0.15, 0.2) is 5.82 Å². The van der Waals surface area contributed by atoms with Crippen LogP contribution >= 0.6 is 11.6 Å². The number of carbonyl (C=O) groups is 1. The first kappa shape index (κ1) is 21.0. The highest BCUT2D eigenvalue weighted by molar-refractivity contribution is 6.32. The summed E-state index contributed by atoms with van der Waals surface area (Å²) in [5.41, 5.74) is 0.985. The number of halogens is 3. The van der Waals surface area contributed by atoms with E-state index in [1.807, 2.05) is 0 Å². The maximum atomic E-state index is 12.6. The highest BCUT2D eigenvalue weighted by Crippen LogP contribution is 2.29. The second-order valence-electron chi connectivity index (χ2n) is 6.11. The Balaban J connectivity index is 1.77. The smallest absolute Gasteiger partial charge is 0.255 e. The standard InChI is InChI=1S/C18H20ClF2N5O3/c1-28-14-8-11(17(27)26-4-6-29-7-5-26)2-3-13(14)24-18-23-9-12(19)16(25-18)22-10-15(20)21/h2-3,8-9,15H,4-7,10H2,1H3,(H2,22,23,24,25). The monoisotopic (exact) mass is 427 g/mol. The molecule has 0 spiro atoms. The number of methoxy groups -OCH3 is 1. The summed E-state index contributed by atoms with van der Waals surface area (Å²) >= 11 is 5.93. The maximum Gasteiger partial charge on any atom is 0.255 e. The molecule has 1 amide bonds. The molecule has 1 aromatic heterocycles. The van der Waals surface area contributed by atoms with E-state index in [-0.39, 0.29) is 22.7 Å². The van der Waals surface area contributed by atoms with Crippen LogP contribution < -0.4 is 15.4 Å². The first-order chi connectivity index (χ1) is 14.0. The number of ether oxygens (including phenoxy) is 2. The van der Waals surface area contributed by atoms with E-state index in [1.165, 1.54) is 13.3 Å². The van der Waals surface area contributed by atoms with Crippen LogP contribution in [0.5, 0.6) is 5.75 Å². The van der Waals surface area contributed by atoms with Crippen molar-refractivity contribution in [3.63, 3.8) is 0 Å². The Morgan fingerprint density at radius 3 is 2.83 bits per heavy atom. The fraction of sp³-hybridized carbons (Fsp3) is 0.389. The largest absolute Gasteiger partial charge is 0.495 e. The van der Waals surface area contributed by atoms with Crippen LogP contribution in [0.3, 0.4) is 0 Å². The van der Waals surface area contributed by atoms with E-state index >= 15 is 0 Å². The lowest BCUT2D eigenvalue weighted by molar-refractivity contribution is 0.0302. The number of nitrogens with zero attached hydrogens (tertiary/aromatic N) is 3. The molecular weight excluding hydrogens is 408 g/mol. The van der Waals surface area contributed by atoms with Gasteiger partial charge in [-0.05, 0) is 18.2 Å². The first-order valence-corrected chi connectivity index (χ1v) is 9.22. The molecule has 2 heterocycles. The molecule has 1 aliphatic heterocycles. The molecule has 1 aliphatic rings. The number of alkyl halides is 2. The first-order valence-electron chi connectivity index (χ1n) is 8.84. The second kappa shape index (κ2) is 9.66. The van der Waals surface area contributed by atoms with Crippen LogP contribution in [0, 0.1) is 0 Å². The summed E-state index contributed by atoms with van der Waals surface area (Å²) in [6, 6.07) is 4.94. The van der Waals surface area contributed by atoms with Crippen molar-refractivity contribution in [2.75, 3.05) is 50.6 Å². The minimum atomic E-state index is -2.55. The Hall–Kier alpha value is -2.72. The van der Waals surface area contributed by atoms with Gasteiger partial charge in [0.25, 0.3) is 12.3 Å². The van der Waals surface area contributed by atoms with Crippen molar-refractivity contribution in [2.45, 2.75) is 6.43 Å². The Kier molecular flexibility index (Phi) is 6.99. The van der Waals surface area contributed by atoms with Crippen LogP contribution in [0.1, 0.15) is 10.4 Å². The highest BCUT2D eigenvalue weighted by Gasteiger charge is 2.20. The number of anilines is 3. The zero-order valence-electron chi connectivity index (χ0n) is 15.6. The van der Waals surface area contributed by atoms with Crippen molar-refractivity contribution < 1.29 is 23.0 Å². The Morgan fingerprint density at radius 2 is 2.14 bits per heavy atom. The molecule has 1 fully saturated rings. The number of aromatic nitrogens is 2. The second-order valence-corrected chi connectivity index (χ2v) is 6.51. The number of amides is 1. The van der Waals surface area contributed by atoms with E-state index in [0.717, 1.165) is 0 Å². The van der Waals surface area contributed by atoms with Gasteiger partial charge in [-0.15, -0.1) is 0 Å². The lowest BCUT2D eigenvalue weighted by atomic mass is 10.1. The van der Waals surface area contributed by atoms with E-state index in [2.05, 4.69) is 20.6 Å². The number of morpholine rings is 1. The predicted octanol–water partition coefficient (Wildman–Crippen LogP) is 3.03. The van der Waals surface area contributed by atoms with Gasteiger partial charge < -0.3 is 25.0 Å². The maximum absolute atomic E-state index is 12.6. The van der Waals surface area contributed by atoms with E-state index in [9.17, 15) is 13.6 Å². The molecule has 1 saturated heterocycles. The van der Waals surface area contributed by atoms with Crippen LogP contribution in [-0.4, -0.2) is 67.2 Å². The highest BCUT2D eigenvalue weighted by atomic mass is 35.5. The van der Waals surface area contributed by atoms with E-state index in [4.69, 9.17) is 21.1 Å². The average Bonchev–Trinajstić information content (AvgIpc) is 2.74. The number of hydrogen-bond acceptors (Lipinski definition) is 7. The summed E-state index contributed by atoms with van der Waals surface area (Å²) in [5, 5.41) is 5.53. The molecule has 29 heavy (non-hydrogen) atoms. The summed E-state index contributed by atoms with van der Waals surface area (Å²) in [5.74, 6) is 0.517. The number of hydrogen-bond donors (Lipinski definition) is 2. The van der Waals surface area contributed by atoms with Crippen LogP contribution in [0.15, 0.2) is 24.4 Å². The Morgan fingerprint density at radius 1 is 1.38 bits per heavy atom. The third-order valence-electron chi connectivity index (χ3n) is 4.16. The van der Waals surface area contributed by atoms with Gasteiger partial charge in [0.2, 0.25) is 5.95 Å². The summed E-state index contributed by atoms with van der Waals surface area (Å²) in [4.78, 5) is 22.5. The Labute approximate surface area is 171 Å². The lowest BCUT2D eigenvalue weighted by Gasteiger charge is -2.27. The summed E-state index contributed by atoms with van der Waals surface area (Å²) in [7, 11) is 1.47. The van der Waals surface area contributed by atoms with Gasteiger partial charge in [0, 0.05) is 18.7 Å². The van der Waals surface area contributed by atoms with Gasteiger partial charge in [-0.2, -0.15) is 4.98 Å². The SMILES string of the molecule is COc1cc(C(=O)N2CCOCC2)ccc1Nc1ncc(Cl)c(NCC(F)F)n1. The molecule has 156 valence electrons. The molecule has 2 N–H and O–H groups in total. The van der Waals surface area contributed by atoms with Crippen LogP contribution in [-0.2, 0) is 4.74 Å². The van der Waals surface area contributed by atoms with Crippen LogP contribution in [0.25, 0.3) is 0 Å². The summed E-state index contributed by atoms with van der Waals surface area (Å²) < 4.78 is 35.5. The van der Waals surface area contributed by atoms with Crippen molar-refractivity contribution in [3.05, 3.63) is 35.0 Å². The molecule has 8 nitrogen and oxygen atoms in total. The molecule has 1 aromatic carbocycles. The van der Waals surface area contributed by atoms with Gasteiger partial charge in [-0.3, -0.25) is 4.79 Å². The average molecular weight is 428 g/mol. The number of benzene rings is 1. The topological polar surface area (TPSA) is 88.6 Å². The van der Waals surface area contributed by atoms with Crippen molar-refractivity contribution in [3.8, 4) is 5.75 Å². The van der Waals surface area contributed by atoms with E-state index in [1.54, 1.807) is 23.1 Å². The quantitative estimate of drug-likeness (QED) is 0.702. The van der Waals surface area contributed by atoms with Crippen LogP contribution in [0.4, 0.5) is 26.2 Å². The zero-order chi connectivity index (χ0) is 20.8. The van der Waals surface area contributed by atoms with Gasteiger partial charge in [0.05, 0.1) is 38.8 Å². The molecular formula is C18H20ClF2N5O3. The van der Waals surface area contributed by atoms with Gasteiger partial charge in [-0.25, -0.2) is 13.8 Å². The van der Waals surface area contributed by atoms with Crippen molar-refractivity contribution in [1.29, 1.82) is 0 Å². The molecule has 0 unspecified atom stereocenters. The molecule has 0 saturated carbocycles. The van der Waals surface area contributed by atoms with Crippen LogP contribution in [0.2, 0.25) is 5.02 Å². The zero-order valence-corrected chi connectivity index (χ0v) is 16.4. The predicted molar refractivity (Wildman–Crippen MR) is 105 cm³/mol. The van der Waals surface area contributed by atoms with Crippen molar-refractivity contribution >= 4 is 35.0 Å². The summed E-state index contributed by atoms with van der Waals surface area (Å²) in [6.45, 7) is 1.51. The van der Waals surface area contributed by atoms with Gasteiger partial charge in [0.1, 0.15) is 10.8 Å². The fourth-order valence-electron chi connectivity index (χ4n) is 2.72. The normalized spacial score (nSPS) is 14.0. The fourth-order valence-corrected chi connectivity index (χ4v) is 2.88. The number of rotatable bonds is 7. The van der Waals surface area contributed by atoms with Gasteiger partial charge in [-0.1, -0.05) is 11.6 Å². The third-order valence-corrected chi connectivity index (χ3v) is 4.44. The molecule has 0 atom stereocenters. The number of carbonyl (C=O) groups excluding carboxylic acids is 1. The van der Waals surface area contributed by atoms with Crippen molar-refractivity contribution in [1.82, 2.24) is 14.9 Å². The minimum absolute atomic E-state index is 0.0857. The molecule has 0 radical (unpaired) electrons. The van der Waals surface area contributed by atoms with Crippen molar-refractivity contribution in [2.24, 2.45) is 0 Å². The molecule has 3 rings (SSSR count). The number of nitrogens with one attached hydrogen (secondary N) is 2. The van der Waals surface area contributed by atoms with E-state index < -0.39 is 13.0 Å². The lowest BCUT2D eigenvalue weighted by Crippen LogP contribution is -2.40. The Bertz CT molecular complexity index is 865. The molecule has 2 aromatic rings. The minimum Gasteiger partial charge on any atom is -0.495 e.